The molecule has 0 saturated heterocycles. The van der Waals surface area contributed by atoms with Gasteiger partial charge >= 0.3 is 0 Å². The SMILES string of the molecule is CCN(CC)CCN(C(=O)Cn1nc(C)c2ccccc2c1=O)c1cccc(Br)c1. The molecular weight excluding hydrogens is 444 g/mol. The maximum absolute atomic E-state index is 13.3. The van der Waals surface area contributed by atoms with Crippen LogP contribution < -0.4 is 10.5 Å². The van der Waals surface area contributed by atoms with E-state index in [1.807, 2.05) is 49.4 Å². The van der Waals surface area contributed by atoms with E-state index < -0.39 is 0 Å². The first-order chi connectivity index (χ1) is 14.4. The molecule has 158 valence electrons. The molecule has 2 aromatic carbocycles. The minimum Gasteiger partial charge on any atom is -0.309 e. The van der Waals surface area contributed by atoms with Crippen LogP contribution in [0.5, 0.6) is 0 Å². The highest BCUT2D eigenvalue weighted by molar-refractivity contribution is 9.10. The van der Waals surface area contributed by atoms with Crippen LogP contribution in [-0.2, 0) is 11.3 Å². The summed E-state index contributed by atoms with van der Waals surface area (Å²) >= 11 is 3.49. The molecule has 0 N–H and O–H groups in total. The molecule has 3 rings (SSSR count). The van der Waals surface area contributed by atoms with Crippen molar-refractivity contribution in [1.82, 2.24) is 14.7 Å². The average Bonchev–Trinajstić information content (AvgIpc) is 2.75. The quantitative estimate of drug-likeness (QED) is 0.501. The third-order valence-electron chi connectivity index (χ3n) is 5.29. The summed E-state index contributed by atoms with van der Waals surface area (Å²) in [5.74, 6) is -0.162. The van der Waals surface area contributed by atoms with Crippen molar-refractivity contribution in [3.8, 4) is 0 Å². The molecule has 0 aliphatic carbocycles. The highest BCUT2D eigenvalue weighted by atomic mass is 79.9. The van der Waals surface area contributed by atoms with E-state index in [0.717, 1.165) is 40.9 Å². The molecule has 0 radical (unpaired) electrons. The number of hydrogen-bond donors (Lipinski definition) is 0. The van der Waals surface area contributed by atoms with Gasteiger partial charge in [-0.25, -0.2) is 4.68 Å². The number of nitrogens with zero attached hydrogens (tertiary/aromatic N) is 4. The summed E-state index contributed by atoms with van der Waals surface area (Å²) in [6.45, 7) is 9.10. The predicted molar refractivity (Wildman–Crippen MR) is 125 cm³/mol. The highest BCUT2D eigenvalue weighted by Gasteiger charge is 2.19. The Morgan fingerprint density at radius 3 is 2.40 bits per heavy atom. The molecule has 0 aliphatic heterocycles. The molecule has 0 atom stereocenters. The lowest BCUT2D eigenvalue weighted by Crippen LogP contribution is -2.42. The van der Waals surface area contributed by atoms with E-state index in [9.17, 15) is 9.59 Å². The first-order valence-corrected chi connectivity index (χ1v) is 11.0. The van der Waals surface area contributed by atoms with E-state index in [2.05, 4.69) is 39.8 Å². The first kappa shape index (κ1) is 22.2. The number of hydrogen-bond acceptors (Lipinski definition) is 4. The van der Waals surface area contributed by atoms with E-state index in [4.69, 9.17) is 0 Å². The van der Waals surface area contributed by atoms with Crippen molar-refractivity contribution in [1.29, 1.82) is 0 Å². The van der Waals surface area contributed by atoms with E-state index >= 15 is 0 Å². The van der Waals surface area contributed by atoms with Crippen LogP contribution in [0.15, 0.2) is 57.8 Å². The second-order valence-electron chi connectivity index (χ2n) is 7.15. The van der Waals surface area contributed by atoms with Crippen molar-refractivity contribution in [3.63, 3.8) is 0 Å². The molecule has 0 unspecified atom stereocenters. The van der Waals surface area contributed by atoms with Gasteiger partial charge < -0.3 is 9.80 Å². The zero-order chi connectivity index (χ0) is 21.7. The van der Waals surface area contributed by atoms with Gasteiger partial charge in [-0.2, -0.15) is 5.10 Å². The number of aryl methyl sites for hydroxylation is 1. The monoisotopic (exact) mass is 470 g/mol. The summed E-state index contributed by atoms with van der Waals surface area (Å²) in [4.78, 5) is 30.2. The molecule has 30 heavy (non-hydrogen) atoms. The summed E-state index contributed by atoms with van der Waals surface area (Å²) in [6.07, 6.45) is 0. The largest absolute Gasteiger partial charge is 0.309 e. The number of aromatic nitrogens is 2. The third kappa shape index (κ3) is 4.96. The molecule has 0 aliphatic rings. The van der Waals surface area contributed by atoms with Gasteiger partial charge in [0.1, 0.15) is 6.54 Å². The maximum atomic E-state index is 13.3. The number of fused-ring (bicyclic) bond motifs is 1. The number of rotatable bonds is 8. The predicted octanol–water partition coefficient (Wildman–Crippen LogP) is 3.84. The van der Waals surface area contributed by atoms with Crippen molar-refractivity contribution in [2.45, 2.75) is 27.3 Å². The fourth-order valence-corrected chi connectivity index (χ4v) is 3.94. The fraction of sp³-hybridized carbons (Fsp3) is 0.348. The van der Waals surface area contributed by atoms with Crippen LogP contribution in [0.3, 0.4) is 0 Å². The third-order valence-corrected chi connectivity index (χ3v) is 5.79. The number of likely N-dealkylation sites (N-methyl/N-ethyl adjacent to an activating group) is 1. The Kier molecular flexibility index (Phi) is 7.39. The molecule has 6 nitrogen and oxygen atoms in total. The van der Waals surface area contributed by atoms with Gasteiger partial charge in [0.15, 0.2) is 0 Å². The molecular formula is C23H27BrN4O2. The first-order valence-electron chi connectivity index (χ1n) is 10.2. The van der Waals surface area contributed by atoms with Crippen molar-refractivity contribution in [2.75, 3.05) is 31.1 Å². The van der Waals surface area contributed by atoms with Crippen LogP contribution in [0.4, 0.5) is 5.69 Å². The number of anilines is 1. The molecule has 1 heterocycles. The zero-order valence-electron chi connectivity index (χ0n) is 17.6. The Balaban J connectivity index is 1.92. The zero-order valence-corrected chi connectivity index (χ0v) is 19.2. The van der Waals surface area contributed by atoms with Crippen LogP contribution in [-0.4, -0.2) is 46.8 Å². The van der Waals surface area contributed by atoms with Crippen molar-refractivity contribution in [3.05, 3.63) is 69.1 Å². The maximum Gasteiger partial charge on any atom is 0.275 e. The van der Waals surface area contributed by atoms with Crippen molar-refractivity contribution >= 4 is 38.3 Å². The van der Waals surface area contributed by atoms with Gasteiger partial charge in [0.05, 0.1) is 11.1 Å². The van der Waals surface area contributed by atoms with Crippen molar-refractivity contribution in [2.24, 2.45) is 0 Å². The highest BCUT2D eigenvalue weighted by Crippen LogP contribution is 2.20. The molecule has 1 amide bonds. The molecule has 7 heteroatoms. The summed E-state index contributed by atoms with van der Waals surface area (Å²) in [5.41, 5.74) is 1.28. The van der Waals surface area contributed by atoms with Gasteiger partial charge in [-0.3, -0.25) is 9.59 Å². The van der Waals surface area contributed by atoms with Crippen molar-refractivity contribution < 1.29 is 4.79 Å². The van der Waals surface area contributed by atoms with Gasteiger partial charge in [0, 0.05) is 28.6 Å². The molecule has 0 saturated carbocycles. The van der Waals surface area contributed by atoms with Gasteiger partial charge in [0.25, 0.3) is 5.56 Å². The number of halogens is 1. The molecule has 3 aromatic rings. The Morgan fingerprint density at radius 1 is 1.03 bits per heavy atom. The summed E-state index contributed by atoms with van der Waals surface area (Å²) in [5, 5.41) is 5.79. The van der Waals surface area contributed by atoms with Crippen LogP contribution in [0.2, 0.25) is 0 Å². The van der Waals surface area contributed by atoms with E-state index in [1.54, 1.807) is 11.0 Å². The minimum atomic E-state index is -0.248. The van der Waals surface area contributed by atoms with Crippen LogP contribution in [0, 0.1) is 6.92 Å². The molecule has 0 fully saturated rings. The number of benzene rings is 2. The molecule has 0 spiro atoms. The molecule has 1 aromatic heterocycles. The number of carbonyl (C=O) groups is 1. The van der Waals surface area contributed by atoms with E-state index in [1.165, 1.54) is 4.68 Å². The minimum absolute atomic E-state index is 0.102. The Bertz CT molecular complexity index is 1090. The average molecular weight is 471 g/mol. The van der Waals surface area contributed by atoms with E-state index in [-0.39, 0.29) is 18.0 Å². The number of amides is 1. The van der Waals surface area contributed by atoms with Crippen LogP contribution in [0.1, 0.15) is 19.5 Å². The summed E-state index contributed by atoms with van der Waals surface area (Å²) in [6, 6.07) is 15.0. The topological polar surface area (TPSA) is 58.4 Å². The number of carbonyl (C=O) groups excluding carboxylic acids is 1. The smallest absolute Gasteiger partial charge is 0.275 e. The lowest BCUT2D eigenvalue weighted by Gasteiger charge is -2.27. The van der Waals surface area contributed by atoms with Crippen LogP contribution >= 0.6 is 15.9 Å². The Labute approximate surface area is 185 Å². The Hall–Kier alpha value is -2.51. The van der Waals surface area contributed by atoms with Gasteiger partial charge in [-0.05, 0) is 44.3 Å². The van der Waals surface area contributed by atoms with Crippen LogP contribution in [0.25, 0.3) is 10.8 Å². The second kappa shape index (κ2) is 10.00. The van der Waals surface area contributed by atoms with Gasteiger partial charge in [0.2, 0.25) is 5.91 Å². The normalized spacial score (nSPS) is 11.2. The standard InChI is InChI=1S/C23H27BrN4O2/c1-4-26(5-2)13-14-27(19-10-8-9-18(24)15-19)22(29)16-28-23(30)21-12-7-6-11-20(21)17(3)25-28/h6-12,15H,4-5,13-14,16H2,1-3H3. The summed E-state index contributed by atoms with van der Waals surface area (Å²) in [7, 11) is 0. The van der Waals surface area contributed by atoms with Gasteiger partial charge in [-0.15, -0.1) is 0 Å². The lowest BCUT2D eigenvalue weighted by atomic mass is 10.1. The fourth-order valence-electron chi connectivity index (χ4n) is 3.55. The summed E-state index contributed by atoms with van der Waals surface area (Å²) < 4.78 is 2.18. The van der Waals surface area contributed by atoms with E-state index in [0.29, 0.717) is 11.9 Å². The lowest BCUT2D eigenvalue weighted by molar-refractivity contribution is -0.119. The van der Waals surface area contributed by atoms with Gasteiger partial charge in [-0.1, -0.05) is 54.0 Å². The Morgan fingerprint density at radius 2 is 1.73 bits per heavy atom. The second-order valence-corrected chi connectivity index (χ2v) is 8.06. The molecule has 0 bridgehead atoms.